The maximum absolute atomic E-state index is 13.4. The summed E-state index contributed by atoms with van der Waals surface area (Å²) in [6, 6.07) is 10.6. The largest absolute Gasteiger partial charge is 0.337 e. The van der Waals surface area contributed by atoms with Crippen molar-refractivity contribution >= 4 is 17.6 Å². The molecule has 4 heterocycles. The molecule has 3 aromatic rings. The van der Waals surface area contributed by atoms with Crippen molar-refractivity contribution in [2.45, 2.75) is 44.4 Å². The molecule has 178 valence electrons. The van der Waals surface area contributed by atoms with Crippen LogP contribution in [0.3, 0.4) is 0 Å². The Labute approximate surface area is 193 Å². The predicted molar refractivity (Wildman–Crippen MR) is 117 cm³/mol. The maximum Gasteiger partial charge on any atom is 0.291 e. The quantitative estimate of drug-likeness (QED) is 0.565. The number of nitrogens with one attached hydrogen (secondary N) is 2. The number of aryl methyl sites for hydroxylation is 1. The summed E-state index contributed by atoms with van der Waals surface area (Å²) in [5.74, 6) is -3.12. The van der Waals surface area contributed by atoms with Crippen LogP contribution >= 0.6 is 0 Å². The second kappa shape index (κ2) is 8.93. The van der Waals surface area contributed by atoms with E-state index in [-0.39, 0.29) is 24.7 Å². The summed E-state index contributed by atoms with van der Waals surface area (Å²) < 4.78 is 30.0. The molecule has 10 nitrogen and oxygen atoms in total. The van der Waals surface area contributed by atoms with Crippen LogP contribution in [0.4, 0.5) is 14.6 Å². The highest BCUT2D eigenvalue weighted by Gasteiger charge is 2.38. The minimum Gasteiger partial charge on any atom is -0.337 e. The molecule has 0 radical (unpaired) electrons. The number of likely N-dealkylation sites (tertiary alicyclic amines) is 1. The van der Waals surface area contributed by atoms with E-state index in [1.165, 1.54) is 6.33 Å². The van der Waals surface area contributed by atoms with Gasteiger partial charge in [0, 0.05) is 32.1 Å². The van der Waals surface area contributed by atoms with E-state index >= 15 is 0 Å². The van der Waals surface area contributed by atoms with E-state index < -0.39 is 17.9 Å². The topological polar surface area (TPSA) is 110 Å². The number of hydrogen-bond acceptors (Lipinski definition) is 6. The Morgan fingerprint density at radius 2 is 2.00 bits per heavy atom. The van der Waals surface area contributed by atoms with Gasteiger partial charge in [0.1, 0.15) is 18.2 Å². The lowest BCUT2D eigenvalue weighted by molar-refractivity contribution is -0.118. The van der Waals surface area contributed by atoms with Crippen LogP contribution in [0, 0.1) is 0 Å². The predicted octanol–water partition coefficient (Wildman–Crippen LogP) is 1.50. The second-order valence-corrected chi connectivity index (χ2v) is 8.62. The van der Waals surface area contributed by atoms with Crippen molar-refractivity contribution in [3.63, 3.8) is 0 Å². The van der Waals surface area contributed by atoms with E-state index in [0.717, 1.165) is 5.56 Å². The Bertz CT molecular complexity index is 1190. The van der Waals surface area contributed by atoms with Crippen molar-refractivity contribution in [2.75, 3.05) is 18.4 Å². The fourth-order valence-corrected chi connectivity index (χ4v) is 4.19. The summed E-state index contributed by atoms with van der Waals surface area (Å²) >= 11 is 0. The molecule has 0 bridgehead atoms. The smallest absolute Gasteiger partial charge is 0.291 e. The molecule has 2 aromatic heterocycles. The number of amides is 2. The van der Waals surface area contributed by atoms with Crippen LogP contribution in [0.5, 0.6) is 0 Å². The van der Waals surface area contributed by atoms with E-state index in [0.29, 0.717) is 44.1 Å². The molecule has 2 amide bonds. The summed E-state index contributed by atoms with van der Waals surface area (Å²) in [4.78, 5) is 31.0. The van der Waals surface area contributed by atoms with E-state index in [4.69, 9.17) is 0 Å². The van der Waals surface area contributed by atoms with Gasteiger partial charge < -0.3 is 10.6 Å². The van der Waals surface area contributed by atoms with Gasteiger partial charge in [-0.15, -0.1) is 5.10 Å². The van der Waals surface area contributed by atoms with Crippen LogP contribution in [0.15, 0.2) is 42.7 Å². The zero-order valence-corrected chi connectivity index (χ0v) is 18.3. The van der Waals surface area contributed by atoms with Gasteiger partial charge in [-0.05, 0) is 12.0 Å². The molecular weight excluding hydrogens is 446 g/mol. The normalized spacial score (nSPS) is 19.9. The Kier molecular flexibility index (Phi) is 5.82. The van der Waals surface area contributed by atoms with Gasteiger partial charge in [-0.3, -0.25) is 14.5 Å². The number of halogens is 2. The lowest BCUT2D eigenvalue weighted by Gasteiger charge is -2.14. The first-order valence-corrected chi connectivity index (χ1v) is 11.1. The summed E-state index contributed by atoms with van der Waals surface area (Å²) in [6.45, 7) is 1.17. The molecule has 2 N–H and O–H groups in total. The Morgan fingerprint density at radius 3 is 2.76 bits per heavy atom. The highest BCUT2D eigenvalue weighted by Crippen LogP contribution is 2.28. The third kappa shape index (κ3) is 4.96. The fourth-order valence-electron chi connectivity index (χ4n) is 4.19. The van der Waals surface area contributed by atoms with Crippen LogP contribution < -0.4 is 10.6 Å². The molecule has 1 saturated heterocycles. The average molecular weight is 470 g/mol. The molecule has 1 aromatic carbocycles. The third-order valence-electron chi connectivity index (χ3n) is 5.89. The van der Waals surface area contributed by atoms with Gasteiger partial charge in [-0.2, -0.15) is 5.10 Å². The number of fused-ring (bicyclic) bond motifs is 1. The van der Waals surface area contributed by atoms with Gasteiger partial charge in [0.15, 0.2) is 0 Å². The highest BCUT2D eigenvalue weighted by atomic mass is 19.3. The SMILES string of the molecule is O=C(N[C@H]1CCn2nc(CN3CCC(F)(F)C3)cc2NC1=O)c1ncn(Cc2ccccc2)n1. The third-order valence-corrected chi connectivity index (χ3v) is 5.89. The number of benzene rings is 1. The van der Waals surface area contributed by atoms with Gasteiger partial charge in [0.25, 0.3) is 11.8 Å². The zero-order chi connectivity index (χ0) is 23.7. The Hall–Kier alpha value is -3.67. The summed E-state index contributed by atoms with van der Waals surface area (Å²) in [6.07, 6.45) is 1.64. The van der Waals surface area contributed by atoms with Crippen LogP contribution in [-0.2, 0) is 24.4 Å². The maximum atomic E-state index is 13.4. The first kappa shape index (κ1) is 22.1. The number of carbonyl (C=O) groups is 2. The van der Waals surface area contributed by atoms with Gasteiger partial charge in [0.05, 0.1) is 18.8 Å². The highest BCUT2D eigenvalue weighted by molar-refractivity contribution is 5.99. The molecule has 12 heteroatoms. The molecule has 2 aliphatic heterocycles. The number of aromatic nitrogens is 5. The summed E-state index contributed by atoms with van der Waals surface area (Å²) in [5, 5.41) is 14.1. The van der Waals surface area contributed by atoms with E-state index in [1.54, 1.807) is 20.3 Å². The van der Waals surface area contributed by atoms with Crippen molar-refractivity contribution in [3.8, 4) is 0 Å². The molecule has 0 saturated carbocycles. The van der Waals surface area contributed by atoms with Gasteiger partial charge in [-0.25, -0.2) is 23.1 Å². The second-order valence-electron chi connectivity index (χ2n) is 8.62. The van der Waals surface area contributed by atoms with E-state index in [2.05, 4.69) is 25.8 Å². The number of carbonyl (C=O) groups excluding carboxylic acids is 2. The lowest BCUT2D eigenvalue weighted by Crippen LogP contribution is -2.43. The summed E-state index contributed by atoms with van der Waals surface area (Å²) in [7, 11) is 0. The molecule has 5 rings (SSSR count). The summed E-state index contributed by atoms with van der Waals surface area (Å²) in [5.41, 5.74) is 1.64. The van der Waals surface area contributed by atoms with Gasteiger partial charge in [0.2, 0.25) is 11.7 Å². The van der Waals surface area contributed by atoms with Crippen LogP contribution in [-0.4, -0.2) is 66.3 Å². The van der Waals surface area contributed by atoms with Crippen LogP contribution in [0.25, 0.3) is 0 Å². The van der Waals surface area contributed by atoms with E-state index in [1.807, 2.05) is 30.3 Å². The number of alkyl halides is 2. The van der Waals surface area contributed by atoms with E-state index in [9.17, 15) is 18.4 Å². The van der Waals surface area contributed by atoms with Crippen molar-refractivity contribution in [2.24, 2.45) is 0 Å². The first-order valence-electron chi connectivity index (χ1n) is 11.1. The van der Waals surface area contributed by atoms with Gasteiger partial charge >= 0.3 is 0 Å². The fraction of sp³-hybridized carbons (Fsp3) is 0.409. The van der Waals surface area contributed by atoms with Gasteiger partial charge in [-0.1, -0.05) is 30.3 Å². The Balaban J connectivity index is 1.18. The minimum atomic E-state index is -2.66. The molecule has 1 atom stereocenters. The van der Waals surface area contributed by atoms with Crippen molar-refractivity contribution in [1.82, 2.24) is 34.8 Å². The number of hydrogen-bond donors (Lipinski definition) is 2. The average Bonchev–Trinajstić information content (AvgIpc) is 3.48. The Morgan fingerprint density at radius 1 is 1.18 bits per heavy atom. The zero-order valence-electron chi connectivity index (χ0n) is 18.3. The minimum absolute atomic E-state index is 0.0181. The molecule has 1 fully saturated rings. The molecule has 2 aliphatic rings. The van der Waals surface area contributed by atoms with Crippen molar-refractivity contribution < 1.29 is 18.4 Å². The lowest BCUT2D eigenvalue weighted by atomic mass is 10.2. The number of anilines is 1. The molecule has 34 heavy (non-hydrogen) atoms. The number of nitrogens with zero attached hydrogens (tertiary/aromatic N) is 6. The first-order chi connectivity index (χ1) is 16.3. The molecule has 0 spiro atoms. The number of rotatable bonds is 6. The van der Waals surface area contributed by atoms with Crippen molar-refractivity contribution in [1.29, 1.82) is 0 Å². The molecular formula is C22H24F2N8O2. The van der Waals surface area contributed by atoms with Crippen LogP contribution in [0.1, 0.15) is 34.7 Å². The van der Waals surface area contributed by atoms with Crippen LogP contribution in [0.2, 0.25) is 0 Å². The standard InChI is InChI=1S/C22H24F2N8O2/c23-22(24)7-9-30(13-22)12-16-10-18-27-20(33)17(6-8-32(18)28-16)26-21(34)19-25-14-31(29-19)11-15-4-2-1-3-5-15/h1-5,10,14,17H,6-9,11-13H2,(H,26,34)(H,27,33)/t17-/m0/s1. The van der Waals surface area contributed by atoms with Crippen molar-refractivity contribution in [3.05, 3.63) is 59.8 Å². The monoisotopic (exact) mass is 470 g/mol. The molecule has 0 unspecified atom stereocenters. The molecule has 0 aliphatic carbocycles.